The predicted octanol–water partition coefficient (Wildman–Crippen LogP) is 4.90. The van der Waals surface area contributed by atoms with Crippen molar-refractivity contribution in [3.05, 3.63) is 83.4 Å². The maximum absolute atomic E-state index is 12.3. The lowest BCUT2D eigenvalue weighted by atomic mass is 10.0. The van der Waals surface area contributed by atoms with E-state index in [9.17, 15) is 14.7 Å². The number of rotatable bonds is 5. The number of hydrogen-bond acceptors (Lipinski definition) is 4. The van der Waals surface area contributed by atoms with Gasteiger partial charge < -0.3 is 15.2 Å². The smallest absolute Gasteiger partial charge is 0.338 e. The van der Waals surface area contributed by atoms with E-state index in [0.717, 1.165) is 11.1 Å². The molecule has 1 atom stereocenters. The van der Waals surface area contributed by atoms with E-state index in [4.69, 9.17) is 16.3 Å². The molecule has 0 spiro atoms. The van der Waals surface area contributed by atoms with Crippen LogP contribution in [0.4, 0.5) is 5.69 Å². The summed E-state index contributed by atoms with van der Waals surface area (Å²) in [5.41, 5.74) is 2.58. The second-order valence-corrected chi connectivity index (χ2v) is 6.55. The molecule has 0 aliphatic heterocycles. The van der Waals surface area contributed by atoms with Gasteiger partial charge in [0, 0.05) is 0 Å². The van der Waals surface area contributed by atoms with Crippen molar-refractivity contribution in [2.45, 2.75) is 13.0 Å². The van der Waals surface area contributed by atoms with Crippen molar-refractivity contribution in [3.63, 3.8) is 0 Å². The Balaban J connectivity index is 1.63. The van der Waals surface area contributed by atoms with Crippen molar-refractivity contribution < 1.29 is 19.4 Å². The van der Waals surface area contributed by atoms with Crippen molar-refractivity contribution >= 4 is 29.2 Å². The summed E-state index contributed by atoms with van der Waals surface area (Å²) in [6.07, 6.45) is -0.986. The van der Waals surface area contributed by atoms with Gasteiger partial charge in [-0.3, -0.25) is 4.79 Å². The van der Waals surface area contributed by atoms with Crippen LogP contribution in [0.25, 0.3) is 11.1 Å². The molecule has 3 aromatic rings. The molecule has 0 heterocycles. The molecule has 0 fully saturated rings. The number of phenolic OH excluding ortho intramolecular Hbond substituents is 1. The number of esters is 1. The fourth-order valence-corrected chi connectivity index (χ4v) is 2.71. The molecule has 2 N–H and O–H groups in total. The number of carbonyl (C=O) groups excluding carboxylic acids is 2. The number of nitrogens with one attached hydrogen (secondary N) is 1. The maximum atomic E-state index is 12.3. The van der Waals surface area contributed by atoms with Crippen LogP contribution < -0.4 is 5.32 Å². The van der Waals surface area contributed by atoms with Crippen LogP contribution in [0.1, 0.15) is 17.3 Å². The highest BCUT2D eigenvalue weighted by molar-refractivity contribution is 6.33. The Hall–Kier alpha value is -3.31. The highest BCUT2D eigenvalue weighted by Gasteiger charge is 2.19. The molecule has 5 nitrogen and oxygen atoms in total. The minimum atomic E-state index is -0.986. The zero-order valence-electron chi connectivity index (χ0n) is 15.1. The Morgan fingerprint density at radius 3 is 2.11 bits per heavy atom. The number of hydrogen-bond donors (Lipinski definition) is 2. The highest BCUT2D eigenvalue weighted by atomic mass is 35.5. The van der Waals surface area contributed by atoms with Gasteiger partial charge in [-0.25, -0.2) is 4.79 Å². The first-order valence-electron chi connectivity index (χ1n) is 8.60. The molecule has 6 heteroatoms. The van der Waals surface area contributed by atoms with Crippen LogP contribution in [-0.4, -0.2) is 23.1 Å². The van der Waals surface area contributed by atoms with Crippen molar-refractivity contribution in [3.8, 4) is 16.9 Å². The van der Waals surface area contributed by atoms with E-state index in [1.807, 2.05) is 0 Å². The van der Waals surface area contributed by atoms with E-state index in [1.165, 1.54) is 6.92 Å². The van der Waals surface area contributed by atoms with Crippen LogP contribution in [0.5, 0.6) is 5.75 Å². The molecule has 0 aliphatic carbocycles. The van der Waals surface area contributed by atoms with E-state index in [1.54, 1.807) is 72.8 Å². The molecule has 0 unspecified atom stereocenters. The Morgan fingerprint density at radius 1 is 0.929 bits per heavy atom. The first-order chi connectivity index (χ1) is 13.4. The number of carbonyl (C=O) groups is 2. The number of phenols is 1. The molecule has 0 aliphatic rings. The third-order valence-corrected chi connectivity index (χ3v) is 4.44. The van der Waals surface area contributed by atoms with E-state index in [2.05, 4.69) is 5.32 Å². The second kappa shape index (κ2) is 8.59. The van der Waals surface area contributed by atoms with Crippen molar-refractivity contribution in [2.24, 2.45) is 0 Å². The first-order valence-corrected chi connectivity index (χ1v) is 8.97. The van der Waals surface area contributed by atoms with Gasteiger partial charge in [-0.05, 0) is 54.4 Å². The van der Waals surface area contributed by atoms with Gasteiger partial charge in [0.2, 0.25) is 0 Å². The molecule has 0 aromatic heterocycles. The van der Waals surface area contributed by atoms with E-state index < -0.39 is 18.0 Å². The third-order valence-electron chi connectivity index (χ3n) is 4.11. The summed E-state index contributed by atoms with van der Waals surface area (Å²) < 4.78 is 5.24. The lowest BCUT2D eigenvalue weighted by Gasteiger charge is -2.14. The van der Waals surface area contributed by atoms with Gasteiger partial charge in [0.05, 0.1) is 16.3 Å². The highest BCUT2D eigenvalue weighted by Crippen LogP contribution is 2.23. The number of anilines is 1. The first kappa shape index (κ1) is 19.5. The SMILES string of the molecule is C[C@@H](OC(=O)c1ccc(-c2ccc(O)cc2)cc1)C(=O)Nc1ccccc1Cl. The van der Waals surface area contributed by atoms with Gasteiger partial charge in [0.15, 0.2) is 6.10 Å². The number of amides is 1. The number of para-hydroxylation sites is 1. The zero-order valence-corrected chi connectivity index (χ0v) is 15.8. The van der Waals surface area contributed by atoms with Crippen molar-refractivity contribution in [1.82, 2.24) is 0 Å². The van der Waals surface area contributed by atoms with Crippen molar-refractivity contribution in [2.75, 3.05) is 5.32 Å². The number of halogens is 1. The summed E-state index contributed by atoms with van der Waals surface area (Å²) in [7, 11) is 0. The number of benzene rings is 3. The maximum Gasteiger partial charge on any atom is 0.338 e. The monoisotopic (exact) mass is 395 g/mol. The van der Waals surface area contributed by atoms with Crippen LogP contribution in [0.2, 0.25) is 5.02 Å². The predicted molar refractivity (Wildman–Crippen MR) is 109 cm³/mol. The number of aromatic hydroxyl groups is 1. The zero-order chi connectivity index (χ0) is 20.1. The van der Waals surface area contributed by atoms with Gasteiger partial charge >= 0.3 is 5.97 Å². The van der Waals surface area contributed by atoms with Gasteiger partial charge in [-0.2, -0.15) is 0 Å². The lowest BCUT2D eigenvalue weighted by Crippen LogP contribution is -2.30. The minimum absolute atomic E-state index is 0.188. The van der Waals surface area contributed by atoms with Crippen molar-refractivity contribution in [1.29, 1.82) is 0 Å². The molecule has 0 saturated carbocycles. The standard InChI is InChI=1S/C22H18ClNO4/c1-14(21(26)24-20-5-3-2-4-19(20)23)28-22(27)17-8-6-15(7-9-17)16-10-12-18(25)13-11-16/h2-14,25H,1H3,(H,24,26)/t14-/m1/s1. The molecule has 0 bridgehead atoms. The molecule has 1 amide bonds. The summed E-state index contributed by atoms with van der Waals surface area (Å²) in [4.78, 5) is 24.5. The molecule has 3 rings (SSSR count). The molecular formula is C22H18ClNO4. The Kier molecular flexibility index (Phi) is 5.96. The minimum Gasteiger partial charge on any atom is -0.508 e. The van der Waals surface area contributed by atoms with Gasteiger partial charge in [0.25, 0.3) is 5.91 Å². The van der Waals surface area contributed by atoms with Gasteiger partial charge in [-0.1, -0.05) is 48.0 Å². The van der Waals surface area contributed by atoms with E-state index >= 15 is 0 Å². The molecule has 0 saturated heterocycles. The van der Waals surface area contributed by atoms with Gasteiger partial charge in [-0.15, -0.1) is 0 Å². The van der Waals surface area contributed by atoms with E-state index in [-0.39, 0.29) is 5.75 Å². The van der Waals surface area contributed by atoms with Crippen LogP contribution in [0, 0.1) is 0 Å². The topological polar surface area (TPSA) is 75.6 Å². The summed E-state index contributed by atoms with van der Waals surface area (Å²) in [5, 5.41) is 12.4. The Morgan fingerprint density at radius 2 is 1.50 bits per heavy atom. The molecule has 28 heavy (non-hydrogen) atoms. The number of ether oxygens (including phenoxy) is 1. The molecular weight excluding hydrogens is 378 g/mol. The summed E-state index contributed by atoms with van der Waals surface area (Å²) in [5.74, 6) is -0.880. The normalized spacial score (nSPS) is 11.5. The summed E-state index contributed by atoms with van der Waals surface area (Å²) in [6, 6.07) is 20.4. The molecule has 0 radical (unpaired) electrons. The average molecular weight is 396 g/mol. The van der Waals surface area contributed by atoms with Gasteiger partial charge in [0.1, 0.15) is 5.75 Å². The summed E-state index contributed by atoms with van der Waals surface area (Å²) >= 11 is 6.01. The average Bonchev–Trinajstić information content (AvgIpc) is 2.70. The molecule has 142 valence electrons. The fraction of sp³-hybridized carbons (Fsp3) is 0.0909. The quantitative estimate of drug-likeness (QED) is 0.602. The van der Waals surface area contributed by atoms with Crippen LogP contribution in [-0.2, 0) is 9.53 Å². The Bertz CT molecular complexity index is 984. The van der Waals surface area contributed by atoms with Crippen LogP contribution in [0.15, 0.2) is 72.8 Å². The lowest BCUT2D eigenvalue weighted by molar-refractivity contribution is -0.123. The fourth-order valence-electron chi connectivity index (χ4n) is 2.53. The Labute approximate surface area is 167 Å². The summed E-state index contributed by atoms with van der Waals surface area (Å²) in [6.45, 7) is 1.49. The largest absolute Gasteiger partial charge is 0.508 e. The third kappa shape index (κ3) is 4.69. The molecule has 3 aromatic carbocycles. The van der Waals surface area contributed by atoms with E-state index in [0.29, 0.717) is 16.3 Å². The van der Waals surface area contributed by atoms with Crippen LogP contribution >= 0.6 is 11.6 Å². The van der Waals surface area contributed by atoms with Crippen LogP contribution in [0.3, 0.4) is 0 Å². The second-order valence-electron chi connectivity index (χ2n) is 6.14.